The minimum atomic E-state index is -0.937. The Bertz CT molecular complexity index is 490. The van der Waals surface area contributed by atoms with Crippen molar-refractivity contribution in [3.63, 3.8) is 0 Å². The van der Waals surface area contributed by atoms with E-state index in [1.165, 1.54) is 0 Å². The molecule has 6 heteroatoms. The van der Waals surface area contributed by atoms with Gasteiger partial charge in [0.25, 0.3) is 0 Å². The van der Waals surface area contributed by atoms with Crippen LogP contribution >= 0.6 is 0 Å². The molecule has 0 spiro atoms. The number of aliphatic hydroxyl groups is 1. The number of hydrogen-bond acceptors (Lipinski definition) is 5. The lowest BCUT2D eigenvalue weighted by Crippen LogP contribution is -2.45. The average molecular weight is 281 g/mol. The van der Waals surface area contributed by atoms with Gasteiger partial charge in [0.05, 0.1) is 19.2 Å². The minimum Gasteiger partial charge on any atom is -0.494 e. The van der Waals surface area contributed by atoms with Crippen LogP contribution in [-0.2, 0) is 4.79 Å². The van der Waals surface area contributed by atoms with Crippen molar-refractivity contribution in [2.24, 2.45) is 0 Å². The monoisotopic (exact) mass is 281 g/mol. The molecule has 1 aromatic carbocycles. The lowest BCUT2D eigenvalue weighted by atomic mass is 9.98. The van der Waals surface area contributed by atoms with Crippen molar-refractivity contribution in [2.75, 3.05) is 26.8 Å². The van der Waals surface area contributed by atoms with E-state index in [0.29, 0.717) is 23.7 Å². The third kappa shape index (κ3) is 3.02. The molecule has 20 heavy (non-hydrogen) atoms. The summed E-state index contributed by atoms with van der Waals surface area (Å²) in [6.07, 6.45) is -0.802. The molecular formula is C14H19NO5. The summed E-state index contributed by atoms with van der Waals surface area (Å²) in [6.45, 7) is 2.53. The normalized spacial score (nSPS) is 21.2. The highest BCUT2D eigenvalue weighted by Crippen LogP contribution is 2.36. The number of likely N-dealkylation sites (N-methyl/N-ethyl adjacent to an activating group) is 1. The van der Waals surface area contributed by atoms with Gasteiger partial charge in [0.1, 0.15) is 24.2 Å². The summed E-state index contributed by atoms with van der Waals surface area (Å²) in [5.41, 5.74) is 0.629. The highest BCUT2D eigenvalue weighted by atomic mass is 16.5. The third-order valence-electron chi connectivity index (χ3n) is 3.34. The molecule has 0 saturated heterocycles. The molecule has 1 aromatic rings. The molecule has 2 N–H and O–H groups in total. The van der Waals surface area contributed by atoms with E-state index < -0.39 is 18.1 Å². The fourth-order valence-corrected chi connectivity index (χ4v) is 2.32. The first-order chi connectivity index (χ1) is 9.52. The van der Waals surface area contributed by atoms with Crippen molar-refractivity contribution < 1.29 is 24.5 Å². The van der Waals surface area contributed by atoms with Gasteiger partial charge in [-0.1, -0.05) is 0 Å². The number of ether oxygens (including phenoxy) is 2. The standard InChI is InChI=1S/C14H19NO5/c1-3-19-9-4-5-12-10(6-9)14(18)11(8-20-12)15(2)7-13(16)17/h4-6,11,14,18H,3,7-8H2,1-2H3,(H,16,17). The predicted octanol–water partition coefficient (Wildman–Crippen LogP) is 0.896. The van der Waals surface area contributed by atoms with Crippen LogP contribution in [0, 0.1) is 0 Å². The molecule has 1 aliphatic rings. The first-order valence-electron chi connectivity index (χ1n) is 6.52. The van der Waals surface area contributed by atoms with Crippen molar-refractivity contribution in [3.05, 3.63) is 23.8 Å². The number of carboxylic acids is 1. The topological polar surface area (TPSA) is 79.2 Å². The Hall–Kier alpha value is -1.79. The zero-order chi connectivity index (χ0) is 14.7. The lowest BCUT2D eigenvalue weighted by molar-refractivity contribution is -0.139. The van der Waals surface area contributed by atoms with Gasteiger partial charge in [0.2, 0.25) is 0 Å². The molecule has 2 rings (SSSR count). The minimum absolute atomic E-state index is 0.147. The second kappa shape index (κ2) is 6.11. The number of carbonyl (C=O) groups is 1. The van der Waals surface area contributed by atoms with Crippen molar-refractivity contribution in [3.8, 4) is 11.5 Å². The molecule has 0 saturated carbocycles. The Morgan fingerprint density at radius 3 is 2.95 bits per heavy atom. The Labute approximate surface area is 117 Å². The number of fused-ring (bicyclic) bond motifs is 1. The van der Waals surface area contributed by atoms with E-state index in [2.05, 4.69) is 0 Å². The molecule has 0 bridgehead atoms. The van der Waals surface area contributed by atoms with Gasteiger partial charge in [-0.05, 0) is 32.2 Å². The molecular weight excluding hydrogens is 262 g/mol. The highest BCUT2D eigenvalue weighted by molar-refractivity contribution is 5.69. The molecule has 0 aliphatic carbocycles. The number of rotatable bonds is 5. The lowest BCUT2D eigenvalue weighted by Gasteiger charge is -2.35. The molecule has 1 heterocycles. The highest BCUT2D eigenvalue weighted by Gasteiger charge is 2.33. The van der Waals surface area contributed by atoms with E-state index in [1.807, 2.05) is 6.92 Å². The van der Waals surface area contributed by atoms with Crippen molar-refractivity contribution in [1.82, 2.24) is 4.90 Å². The van der Waals surface area contributed by atoms with E-state index in [-0.39, 0.29) is 13.2 Å². The summed E-state index contributed by atoms with van der Waals surface area (Å²) in [6, 6.07) is 4.90. The van der Waals surface area contributed by atoms with E-state index in [4.69, 9.17) is 14.6 Å². The zero-order valence-electron chi connectivity index (χ0n) is 11.6. The second-order valence-corrected chi connectivity index (χ2v) is 4.76. The summed E-state index contributed by atoms with van der Waals surface area (Å²) in [5.74, 6) is 0.338. The Morgan fingerprint density at radius 2 is 2.30 bits per heavy atom. The van der Waals surface area contributed by atoms with E-state index in [9.17, 15) is 9.90 Å². The van der Waals surface area contributed by atoms with Gasteiger partial charge in [-0.3, -0.25) is 9.69 Å². The first kappa shape index (κ1) is 14.6. The van der Waals surface area contributed by atoms with Crippen LogP contribution in [0.3, 0.4) is 0 Å². The molecule has 0 amide bonds. The van der Waals surface area contributed by atoms with Gasteiger partial charge in [0.15, 0.2) is 0 Å². The van der Waals surface area contributed by atoms with Gasteiger partial charge in [-0.15, -0.1) is 0 Å². The summed E-state index contributed by atoms with van der Waals surface area (Å²) < 4.78 is 11.0. The molecule has 0 radical (unpaired) electrons. The number of carboxylic acid groups (broad SMARTS) is 1. The van der Waals surface area contributed by atoms with Crippen LogP contribution in [0.4, 0.5) is 0 Å². The van der Waals surface area contributed by atoms with Crippen LogP contribution < -0.4 is 9.47 Å². The van der Waals surface area contributed by atoms with E-state index >= 15 is 0 Å². The Kier molecular flexibility index (Phi) is 4.46. The predicted molar refractivity (Wildman–Crippen MR) is 72.1 cm³/mol. The largest absolute Gasteiger partial charge is 0.494 e. The summed E-state index contributed by atoms with van der Waals surface area (Å²) in [4.78, 5) is 12.3. The summed E-state index contributed by atoms with van der Waals surface area (Å²) in [7, 11) is 1.66. The van der Waals surface area contributed by atoms with Crippen LogP contribution in [0.1, 0.15) is 18.6 Å². The maximum atomic E-state index is 10.8. The fraction of sp³-hybridized carbons (Fsp3) is 0.500. The van der Waals surface area contributed by atoms with Crippen molar-refractivity contribution in [1.29, 1.82) is 0 Å². The zero-order valence-corrected chi connectivity index (χ0v) is 11.6. The average Bonchev–Trinajstić information content (AvgIpc) is 2.39. The van der Waals surface area contributed by atoms with Crippen LogP contribution in [-0.4, -0.2) is 53.9 Å². The van der Waals surface area contributed by atoms with Crippen LogP contribution in [0.15, 0.2) is 18.2 Å². The van der Waals surface area contributed by atoms with Gasteiger partial charge in [-0.2, -0.15) is 0 Å². The molecule has 1 aliphatic heterocycles. The Balaban J connectivity index is 2.20. The number of nitrogens with zero attached hydrogens (tertiary/aromatic N) is 1. The van der Waals surface area contributed by atoms with Crippen molar-refractivity contribution in [2.45, 2.75) is 19.1 Å². The molecule has 2 unspecified atom stereocenters. The first-order valence-corrected chi connectivity index (χ1v) is 6.52. The summed E-state index contributed by atoms with van der Waals surface area (Å²) in [5, 5.41) is 19.3. The van der Waals surface area contributed by atoms with E-state index in [0.717, 1.165) is 0 Å². The third-order valence-corrected chi connectivity index (χ3v) is 3.34. The maximum Gasteiger partial charge on any atom is 0.317 e. The smallest absolute Gasteiger partial charge is 0.317 e. The number of hydrogen-bond donors (Lipinski definition) is 2. The van der Waals surface area contributed by atoms with Gasteiger partial charge in [-0.25, -0.2) is 0 Å². The number of aliphatic hydroxyl groups excluding tert-OH is 1. The molecule has 110 valence electrons. The number of benzene rings is 1. The molecule has 2 atom stereocenters. The fourth-order valence-electron chi connectivity index (χ4n) is 2.32. The molecule has 6 nitrogen and oxygen atoms in total. The summed E-state index contributed by atoms with van der Waals surface area (Å²) >= 11 is 0. The molecule has 0 aromatic heterocycles. The van der Waals surface area contributed by atoms with Crippen LogP contribution in [0.5, 0.6) is 11.5 Å². The van der Waals surface area contributed by atoms with Gasteiger partial charge in [0, 0.05) is 5.56 Å². The van der Waals surface area contributed by atoms with Crippen LogP contribution in [0.2, 0.25) is 0 Å². The second-order valence-electron chi connectivity index (χ2n) is 4.76. The Morgan fingerprint density at radius 1 is 1.55 bits per heavy atom. The van der Waals surface area contributed by atoms with Crippen LogP contribution in [0.25, 0.3) is 0 Å². The quantitative estimate of drug-likeness (QED) is 0.834. The van der Waals surface area contributed by atoms with Gasteiger partial charge < -0.3 is 19.7 Å². The van der Waals surface area contributed by atoms with Crippen molar-refractivity contribution >= 4 is 5.97 Å². The SMILES string of the molecule is CCOc1ccc2c(c1)C(O)C(N(C)CC(=O)O)CO2. The van der Waals surface area contributed by atoms with E-state index in [1.54, 1.807) is 30.1 Å². The maximum absolute atomic E-state index is 10.8. The number of aliphatic carboxylic acids is 1. The molecule has 0 fully saturated rings. The van der Waals surface area contributed by atoms with Gasteiger partial charge >= 0.3 is 5.97 Å².